The Kier molecular flexibility index (Phi) is 3.16. The van der Waals surface area contributed by atoms with E-state index in [1.54, 1.807) is 18.5 Å². The van der Waals surface area contributed by atoms with Crippen molar-refractivity contribution in [3.63, 3.8) is 0 Å². The summed E-state index contributed by atoms with van der Waals surface area (Å²) in [6.07, 6.45) is 3.39. The van der Waals surface area contributed by atoms with Crippen molar-refractivity contribution < 1.29 is 9.13 Å². The molecule has 1 aromatic heterocycles. The SMILES string of the molecule is Nc1c(Oc2ccc(F)c(Cl)c2)ccc2cnccc12. The standard InChI is InChI=1S/C15H10ClFN2O/c16-12-7-10(2-3-13(12)17)20-14-4-1-9-8-19-6-5-11(9)15(14)18/h1-8H,18H2. The Morgan fingerprint density at radius 3 is 2.80 bits per heavy atom. The quantitative estimate of drug-likeness (QED) is 0.711. The molecule has 0 atom stereocenters. The fraction of sp³-hybridized carbons (Fsp3) is 0. The number of pyridine rings is 1. The maximum Gasteiger partial charge on any atom is 0.150 e. The molecule has 0 aliphatic rings. The molecule has 0 aliphatic heterocycles. The first-order valence-corrected chi connectivity index (χ1v) is 6.28. The third-order valence-electron chi connectivity index (χ3n) is 2.94. The van der Waals surface area contributed by atoms with Gasteiger partial charge in [-0.25, -0.2) is 4.39 Å². The molecule has 0 fully saturated rings. The minimum atomic E-state index is -0.489. The zero-order valence-corrected chi connectivity index (χ0v) is 11.1. The highest BCUT2D eigenvalue weighted by Crippen LogP contribution is 2.34. The van der Waals surface area contributed by atoms with Gasteiger partial charge in [0, 0.05) is 29.2 Å². The summed E-state index contributed by atoms with van der Waals surface area (Å²) in [6.45, 7) is 0. The molecule has 1 heterocycles. The Hall–Kier alpha value is -2.33. The molecule has 0 radical (unpaired) electrons. The fourth-order valence-electron chi connectivity index (χ4n) is 1.93. The lowest BCUT2D eigenvalue weighted by atomic mass is 10.1. The van der Waals surface area contributed by atoms with Gasteiger partial charge in [-0.2, -0.15) is 0 Å². The Labute approximate surface area is 119 Å². The van der Waals surface area contributed by atoms with Gasteiger partial charge >= 0.3 is 0 Å². The first kappa shape index (κ1) is 12.7. The number of nitrogen functional groups attached to an aromatic ring is 1. The molecule has 0 unspecified atom stereocenters. The van der Waals surface area contributed by atoms with Gasteiger partial charge in [0.25, 0.3) is 0 Å². The van der Waals surface area contributed by atoms with E-state index in [4.69, 9.17) is 22.1 Å². The van der Waals surface area contributed by atoms with Crippen molar-refractivity contribution in [3.05, 3.63) is 59.6 Å². The van der Waals surface area contributed by atoms with Crippen LogP contribution < -0.4 is 10.5 Å². The number of aromatic nitrogens is 1. The monoisotopic (exact) mass is 288 g/mol. The van der Waals surface area contributed by atoms with Gasteiger partial charge in [0.05, 0.1) is 10.7 Å². The van der Waals surface area contributed by atoms with E-state index in [0.717, 1.165) is 10.8 Å². The molecule has 2 N–H and O–H groups in total. The van der Waals surface area contributed by atoms with Gasteiger partial charge in [-0.15, -0.1) is 0 Å². The number of nitrogens with two attached hydrogens (primary N) is 1. The number of fused-ring (bicyclic) bond motifs is 1. The van der Waals surface area contributed by atoms with Gasteiger partial charge in [0.2, 0.25) is 0 Å². The summed E-state index contributed by atoms with van der Waals surface area (Å²) in [7, 11) is 0. The van der Waals surface area contributed by atoms with Crippen LogP contribution in [0.4, 0.5) is 10.1 Å². The van der Waals surface area contributed by atoms with Crippen molar-refractivity contribution >= 4 is 28.1 Å². The van der Waals surface area contributed by atoms with Crippen molar-refractivity contribution in [2.45, 2.75) is 0 Å². The average molecular weight is 289 g/mol. The molecule has 0 saturated heterocycles. The maximum absolute atomic E-state index is 13.1. The van der Waals surface area contributed by atoms with Crippen LogP contribution in [0.2, 0.25) is 5.02 Å². The molecule has 100 valence electrons. The van der Waals surface area contributed by atoms with Gasteiger partial charge in [0.15, 0.2) is 5.75 Å². The van der Waals surface area contributed by atoms with Crippen LogP contribution >= 0.6 is 11.6 Å². The summed E-state index contributed by atoms with van der Waals surface area (Å²) in [5.74, 6) is 0.430. The Bertz CT molecular complexity index is 792. The summed E-state index contributed by atoms with van der Waals surface area (Å²) in [4.78, 5) is 4.03. The van der Waals surface area contributed by atoms with E-state index >= 15 is 0 Å². The zero-order chi connectivity index (χ0) is 14.1. The Morgan fingerprint density at radius 2 is 2.00 bits per heavy atom. The molecule has 0 saturated carbocycles. The Morgan fingerprint density at radius 1 is 1.15 bits per heavy atom. The number of benzene rings is 2. The van der Waals surface area contributed by atoms with Crippen LogP contribution in [-0.2, 0) is 0 Å². The van der Waals surface area contributed by atoms with Gasteiger partial charge in [-0.1, -0.05) is 11.6 Å². The Balaban J connectivity index is 2.02. The lowest BCUT2D eigenvalue weighted by Crippen LogP contribution is -1.94. The largest absolute Gasteiger partial charge is 0.455 e. The summed E-state index contributed by atoms with van der Waals surface area (Å²) >= 11 is 5.72. The number of hydrogen-bond donors (Lipinski definition) is 1. The molecular formula is C15H10ClFN2O. The lowest BCUT2D eigenvalue weighted by molar-refractivity contribution is 0.483. The van der Waals surface area contributed by atoms with Crippen LogP contribution in [0.3, 0.4) is 0 Å². The molecular weight excluding hydrogens is 279 g/mol. The van der Waals surface area contributed by atoms with Crippen LogP contribution in [0.5, 0.6) is 11.5 Å². The number of ether oxygens (including phenoxy) is 1. The van der Waals surface area contributed by atoms with Gasteiger partial charge in [-0.3, -0.25) is 4.98 Å². The zero-order valence-electron chi connectivity index (χ0n) is 10.3. The number of anilines is 1. The van der Waals surface area contributed by atoms with Crippen LogP contribution in [0.15, 0.2) is 48.8 Å². The number of rotatable bonds is 2. The van der Waals surface area contributed by atoms with E-state index in [-0.39, 0.29) is 5.02 Å². The van der Waals surface area contributed by atoms with E-state index in [1.165, 1.54) is 18.2 Å². The van der Waals surface area contributed by atoms with Gasteiger partial charge in [-0.05, 0) is 30.3 Å². The van der Waals surface area contributed by atoms with Gasteiger partial charge < -0.3 is 10.5 Å². The van der Waals surface area contributed by atoms with Crippen molar-refractivity contribution in [2.24, 2.45) is 0 Å². The highest BCUT2D eigenvalue weighted by molar-refractivity contribution is 6.30. The maximum atomic E-state index is 13.1. The summed E-state index contributed by atoms with van der Waals surface area (Å²) < 4.78 is 18.8. The van der Waals surface area contributed by atoms with Crippen LogP contribution in [0.1, 0.15) is 0 Å². The highest BCUT2D eigenvalue weighted by atomic mass is 35.5. The molecule has 3 aromatic rings. The van der Waals surface area contributed by atoms with Gasteiger partial charge in [0.1, 0.15) is 11.6 Å². The van der Waals surface area contributed by atoms with Crippen molar-refractivity contribution in [1.82, 2.24) is 4.98 Å². The van der Waals surface area contributed by atoms with E-state index in [2.05, 4.69) is 4.98 Å². The molecule has 3 nitrogen and oxygen atoms in total. The summed E-state index contributed by atoms with van der Waals surface area (Å²) in [5, 5.41) is 1.78. The van der Waals surface area contributed by atoms with E-state index < -0.39 is 5.82 Å². The third kappa shape index (κ3) is 2.26. The molecule has 2 aromatic carbocycles. The molecule has 0 amide bonds. The highest BCUT2D eigenvalue weighted by Gasteiger charge is 2.08. The second kappa shape index (κ2) is 4.98. The minimum Gasteiger partial charge on any atom is -0.455 e. The molecule has 0 aliphatic carbocycles. The lowest BCUT2D eigenvalue weighted by Gasteiger charge is -2.11. The smallest absolute Gasteiger partial charge is 0.150 e. The van der Waals surface area contributed by atoms with Crippen molar-refractivity contribution in [3.8, 4) is 11.5 Å². The van der Waals surface area contributed by atoms with E-state index in [1.807, 2.05) is 12.1 Å². The van der Waals surface area contributed by atoms with E-state index in [0.29, 0.717) is 17.2 Å². The predicted octanol–water partition coefficient (Wildman–Crippen LogP) is 4.40. The molecule has 20 heavy (non-hydrogen) atoms. The predicted molar refractivity (Wildman–Crippen MR) is 77.6 cm³/mol. The average Bonchev–Trinajstić information content (AvgIpc) is 2.46. The van der Waals surface area contributed by atoms with Crippen molar-refractivity contribution in [1.29, 1.82) is 0 Å². The summed E-state index contributed by atoms with van der Waals surface area (Å²) in [6, 6.07) is 9.58. The van der Waals surface area contributed by atoms with Crippen LogP contribution in [0.25, 0.3) is 10.8 Å². The van der Waals surface area contributed by atoms with Crippen LogP contribution in [-0.4, -0.2) is 4.98 Å². The topological polar surface area (TPSA) is 48.1 Å². The van der Waals surface area contributed by atoms with Crippen LogP contribution in [0, 0.1) is 5.82 Å². The number of halogens is 2. The molecule has 5 heteroatoms. The molecule has 0 bridgehead atoms. The minimum absolute atomic E-state index is 0.00561. The number of hydrogen-bond acceptors (Lipinski definition) is 3. The second-order valence-corrected chi connectivity index (χ2v) is 4.66. The fourth-order valence-corrected chi connectivity index (χ4v) is 2.10. The first-order valence-electron chi connectivity index (χ1n) is 5.90. The molecule has 0 spiro atoms. The first-order chi connectivity index (χ1) is 9.65. The number of nitrogens with zero attached hydrogens (tertiary/aromatic N) is 1. The normalized spacial score (nSPS) is 10.7. The third-order valence-corrected chi connectivity index (χ3v) is 3.23. The second-order valence-electron chi connectivity index (χ2n) is 4.25. The summed E-state index contributed by atoms with van der Waals surface area (Å²) in [5.41, 5.74) is 6.58. The molecule has 3 rings (SSSR count). The van der Waals surface area contributed by atoms with Crippen molar-refractivity contribution in [2.75, 3.05) is 5.73 Å². The van der Waals surface area contributed by atoms with E-state index in [9.17, 15) is 4.39 Å².